The van der Waals surface area contributed by atoms with Crippen LogP contribution in [0.3, 0.4) is 0 Å². The standard InChI is InChI=1S/C15H23N3O4/c1-17-7-9-18(10-8-17)16-15(19)11-5-6-12(20-2)14(22-4)13(11)21-3/h5-6H,7-10H2,1-4H3,(H,16,19). The summed E-state index contributed by atoms with van der Waals surface area (Å²) in [5.74, 6) is 1.09. The number of nitrogens with one attached hydrogen (secondary N) is 1. The van der Waals surface area contributed by atoms with Crippen molar-refractivity contribution in [3.63, 3.8) is 0 Å². The van der Waals surface area contributed by atoms with Gasteiger partial charge >= 0.3 is 0 Å². The number of methoxy groups -OCH3 is 3. The zero-order chi connectivity index (χ0) is 16.1. The summed E-state index contributed by atoms with van der Waals surface area (Å²) in [5, 5.41) is 1.92. The molecule has 0 atom stereocenters. The molecule has 1 heterocycles. The molecule has 1 fully saturated rings. The van der Waals surface area contributed by atoms with Crippen molar-refractivity contribution in [2.75, 3.05) is 54.6 Å². The number of piperazine rings is 1. The highest BCUT2D eigenvalue weighted by Gasteiger charge is 2.23. The van der Waals surface area contributed by atoms with E-state index in [1.807, 2.05) is 5.01 Å². The average Bonchev–Trinajstić information content (AvgIpc) is 2.55. The number of hydrogen-bond donors (Lipinski definition) is 1. The van der Waals surface area contributed by atoms with Crippen molar-refractivity contribution in [2.24, 2.45) is 0 Å². The van der Waals surface area contributed by atoms with Gasteiger partial charge in [0.25, 0.3) is 5.91 Å². The van der Waals surface area contributed by atoms with E-state index in [1.165, 1.54) is 14.2 Å². The molecule has 1 aliphatic heterocycles. The molecule has 1 saturated heterocycles. The van der Waals surface area contributed by atoms with E-state index in [2.05, 4.69) is 17.4 Å². The van der Waals surface area contributed by atoms with Crippen LogP contribution in [0.4, 0.5) is 0 Å². The van der Waals surface area contributed by atoms with Crippen LogP contribution in [0.2, 0.25) is 0 Å². The number of benzene rings is 1. The molecule has 0 aliphatic carbocycles. The predicted octanol–water partition coefficient (Wildman–Crippen LogP) is 0.605. The van der Waals surface area contributed by atoms with Crippen LogP contribution in [-0.2, 0) is 0 Å². The van der Waals surface area contributed by atoms with Gasteiger partial charge in [-0.15, -0.1) is 0 Å². The van der Waals surface area contributed by atoms with E-state index >= 15 is 0 Å². The highest BCUT2D eigenvalue weighted by Crippen LogP contribution is 2.39. The van der Waals surface area contributed by atoms with Gasteiger partial charge in [0.2, 0.25) is 5.75 Å². The maximum atomic E-state index is 12.5. The SMILES string of the molecule is COc1ccc(C(=O)NN2CCN(C)CC2)c(OC)c1OC. The van der Waals surface area contributed by atoms with Crippen molar-refractivity contribution >= 4 is 5.91 Å². The lowest BCUT2D eigenvalue weighted by atomic mass is 10.1. The van der Waals surface area contributed by atoms with Crippen molar-refractivity contribution in [1.82, 2.24) is 15.3 Å². The minimum Gasteiger partial charge on any atom is -0.493 e. The third kappa shape index (κ3) is 3.42. The molecule has 0 bridgehead atoms. The Bertz CT molecular complexity index is 528. The fraction of sp³-hybridized carbons (Fsp3) is 0.533. The first-order valence-corrected chi connectivity index (χ1v) is 7.14. The molecule has 1 aromatic rings. The Morgan fingerprint density at radius 1 is 1.00 bits per heavy atom. The molecule has 7 heteroatoms. The normalized spacial score (nSPS) is 16.2. The number of amides is 1. The molecule has 7 nitrogen and oxygen atoms in total. The van der Waals surface area contributed by atoms with Crippen LogP contribution < -0.4 is 19.6 Å². The van der Waals surface area contributed by atoms with Gasteiger partial charge in [0.15, 0.2) is 11.5 Å². The number of hydrogen-bond acceptors (Lipinski definition) is 6. The summed E-state index contributed by atoms with van der Waals surface area (Å²) in [6, 6.07) is 3.37. The van der Waals surface area contributed by atoms with Crippen LogP contribution >= 0.6 is 0 Å². The summed E-state index contributed by atoms with van der Waals surface area (Å²) in [6.45, 7) is 3.42. The Balaban J connectivity index is 2.18. The highest BCUT2D eigenvalue weighted by molar-refractivity contribution is 5.98. The topological polar surface area (TPSA) is 63.3 Å². The number of carbonyl (C=O) groups excluding carboxylic acids is 1. The quantitative estimate of drug-likeness (QED) is 0.859. The van der Waals surface area contributed by atoms with E-state index in [4.69, 9.17) is 14.2 Å². The summed E-state index contributed by atoms with van der Waals surface area (Å²) < 4.78 is 15.9. The van der Waals surface area contributed by atoms with E-state index in [-0.39, 0.29) is 5.91 Å². The number of likely N-dealkylation sites (N-methyl/N-ethyl adjacent to an activating group) is 1. The Morgan fingerprint density at radius 3 is 2.18 bits per heavy atom. The zero-order valence-corrected chi connectivity index (χ0v) is 13.5. The summed E-state index contributed by atoms with van der Waals surface area (Å²) in [5.41, 5.74) is 3.33. The molecule has 1 amide bonds. The smallest absolute Gasteiger partial charge is 0.269 e. The molecule has 1 aliphatic rings. The van der Waals surface area contributed by atoms with Crippen LogP contribution in [0.25, 0.3) is 0 Å². The fourth-order valence-corrected chi connectivity index (χ4v) is 2.40. The highest BCUT2D eigenvalue weighted by atomic mass is 16.5. The summed E-state index contributed by atoms with van der Waals surface area (Å²) in [7, 11) is 6.63. The molecule has 122 valence electrons. The molecular formula is C15H23N3O4. The minimum atomic E-state index is -0.220. The Hall–Kier alpha value is -1.99. The van der Waals surface area contributed by atoms with Gasteiger partial charge in [-0.25, -0.2) is 5.01 Å². The lowest BCUT2D eigenvalue weighted by Crippen LogP contribution is -2.52. The first kappa shape index (κ1) is 16.4. The van der Waals surface area contributed by atoms with Crippen LogP contribution in [-0.4, -0.2) is 70.4 Å². The molecule has 1 aromatic carbocycles. The molecule has 0 radical (unpaired) electrons. The van der Waals surface area contributed by atoms with Crippen LogP contribution in [0, 0.1) is 0 Å². The molecule has 22 heavy (non-hydrogen) atoms. The maximum Gasteiger partial charge on any atom is 0.269 e. The van der Waals surface area contributed by atoms with Gasteiger partial charge in [-0.1, -0.05) is 0 Å². The second-order valence-electron chi connectivity index (χ2n) is 5.11. The Kier molecular flexibility index (Phi) is 5.46. The number of hydrazine groups is 1. The number of rotatable bonds is 5. The third-order valence-corrected chi connectivity index (χ3v) is 3.71. The summed E-state index contributed by atoms with van der Waals surface area (Å²) in [6.07, 6.45) is 0. The minimum absolute atomic E-state index is 0.220. The number of nitrogens with zero attached hydrogens (tertiary/aromatic N) is 2. The van der Waals surface area contributed by atoms with Gasteiger partial charge in [-0.3, -0.25) is 10.2 Å². The van der Waals surface area contributed by atoms with Gasteiger partial charge in [-0.05, 0) is 19.2 Å². The monoisotopic (exact) mass is 309 g/mol. The number of carbonyl (C=O) groups is 1. The summed E-state index contributed by atoms with van der Waals surface area (Å²) in [4.78, 5) is 14.7. The molecule has 0 spiro atoms. The fourth-order valence-electron chi connectivity index (χ4n) is 2.40. The lowest BCUT2D eigenvalue weighted by Gasteiger charge is -2.32. The van der Waals surface area contributed by atoms with E-state index < -0.39 is 0 Å². The van der Waals surface area contributed by atoms with Crippen LogP contribution in [0.15, 0.2) is 12.1 Å². The van der Waals surface area contributed by atoms with E-state index in [0.717, 1.165) is 26.2 Å². The third-order valence-electron chi connectivity index (χ3n) is 3.71. The Labute approximate surface area is 130 Å². The van der Waals surface area contributed by atoms with Gasteiger partial charge in [0.1, 0.15) is 0 Å². The average molecular weight is 309 g/mol. The summed E-state index contributed by atoms with van der Waals surface area (Å²) >= 11 is 0. The predicted molar refractivity (Wildman–Crippen MR) is 82.6 cm³/mol. The van der Waals surface area contributed by atoms with Crippen molar-refractivity contribution in [3.8, 4) is 17.2 Å². The van der Waals surface area contributed by atoms with E-state index in [0.29, 0.717) is 22.8 Å². The van der Waals surface area contributed by atoms with E-state index in [9.17, 15) is 4.79 Å². The van der Waals surface area contributed by atoms with Crippen LogP contribution in [0.1, 0.15) is 10.4 Å². The lowest BCUT2D eigenvalue weighted by molar-refractivity contribution is 0.0659. The Morgan fingerprint density at radius 2 is 1.64 bits per heavy atom. The number of ether oxygens (including phenoxy) is 3. The van der Waals surface area contributed by atoms with Gasteiger partial charge in [0, 0.05) is 26.2 Å². The van der Waals surface area contributed by atoms with Crippen molar-refractivity contribution in [2.45, 2.75) is 0 Å². The first-order chi connectivity index (χ1) is 10.6. The maximum absolute atomic E-state index is 12.5. The molecule has 0 saturated carbocycles. The van der Waals surface area contributed by atoms with Crippen molar-refractivity contribution in [1.29, 1.82) is 0 Å². The molecule has 2 rings (SSSR count). The molecule has 0 aromatic heterocycles. The van der Waals surface area contributed by atoms with Crippen LogP contribution in [0.5, 0.6) is 17.2 Å². The largest absolute Gasteiger partial charge is 0.493 e. The van der Waals surface area contributed by atoms with Gasteiger partial charge in [0.05, 0.1) is 26.9 Å². The first-order valence-electron chi connectivity index (χ1n) is 7.14. The van der Waals surface area contributed by atoms with Crippen molar-refractivity contribution < 1.29 is 19.0 Å². The van der Waals surface area contributed by atoms with Crippen molar-refractivity contribution in [3.05, 3.63) is 17.7 Å². The van der Waals surface area contributed by atoms with E-state index in [1.54, 1.807) is 19.2 Å². The molecule has 0 unspecified atom stereocenters. The van der Waals surface area contributed by atoms with Gasteiger partial charge < -0.3 is 19.1 Å². The second kappa shape index (κ2) is 7.33. The molecular weight excluding hydrogens is 286 g/mol. The van der Waals surface area contributed by atoms with Gasteiger partial charge in [-0.2, -0.15) is 0 Å². The molecule has 1 N–H and O–H groups in total. The second-order valence-corrected chi connectivity index (χ2v) is 5.11. The zero-order valence-electron chi connectivity index (χ0n) is 13.5.